The monoisotopic (exact) mass is 337 g/mol. The van der Waals surface area contributed by atoms with Crippen LogP contribution < -0.4 is 10.1 Å². The second-order valence-electron chi connectivity index (χ2n) is 4.61. The zero-order valence-electron chi connectivity index (χ0n) is 11.7. The topological polar surface area (TPSA) is 41.5 Å². The van der Waals surface area contributed by atoms with Gasteiger partial charge < -0.3 is 15.2 Å². The van der Waals surface area contributed by atoms with Crippen molar-refractivity contribution in [3.05, 3.63) is 28.2 Å². The maximum Gasteiger partial charge on any atom is 0.156 e. The number of hydrogen-bond donors (Lipinski definition) is 2. The first-order valence-electron chi connectivity index (χ1n) is 6.51. The zero-order chi connectivity index (χ0) is 15.0. The van der Waals surface area contributed by atoms with E-state index >= 15 is 0 Å². The van der Waals surface area contributed by atoms with Crippen molar-refractivity contribution in [2.45, 2.75) is 25.5 Å². The van der Waals surface area contributed by atoms with Gasteiger partial charge in [0.1, 0.15) is 12.7 Å². The van der Waals surface area contributed by atoms with Crippen LogP contribution in [0.15, 0.2) is 18.2 Å². The Morgan fingerprint density at radius 2 is 2.00 bits per heavy atom. The molecule has 2 unspecified atom stereocenters. The van der Waals surface area contributed by atoms with Crippen LogP contribution in [0.3, 0.4) is 0 Å². The lowest BCUT2D eigenvalue weighted by Gasteiger charge is -2.18. The lowest BCUT2D eigenvalue weighted by Crippen LogP contribution is -2.36. The molecule has 0 aromatic heterocycles. The normalized spacial score (nSPS) is 14.1. The van der Waals surface area contributed by atoms with E-state index in [0.29, 0.717) is 28.4 Å². The minimum atomic E-state index is -0.598. The van der Waals surface area contributed by atoms with Gasteiger partial charge in [-0.3, -0.25) is 0 Å². The lowest BCUT2D eigenvalue weighted by atomic mass is 10.2. The fourth-order valence-corrected chi connectivity index (χ4v) is 2.69. The van der Waals surface area contributed by atoms with Crippen molar-refractivity contribution >= 4 is 35.0 Å². The number of aliphatic hydroxyl groups excluding tert-OH is 1. The van der Waals surface area contributed by atoms with E-state index in [1.165, 1.54) is 0 Å². The molecule has 0 radical (unpaired) electrons. The van der Waals surface area contributed by atoms with Crippen molar-refractivity contribution in [3.63, 3.8) is 0 Å². The molecule has 0 aliphatic carbocycles. The molecule has 114 valence electrons. The molecular formula is C14H21Cl2NO2S. The van der Waals surface area contributed by atoms with Crippen molar-refractivity contribution in [2.75, 3.05) is 25.2 Å². The standard InChI is InChI=1S/C14H21Cl2NO2S/c1-10(6-7-20-2)17-8-11(18)9-19-14-12(15)4-3-5-13(14)16/h3-5,10-11,17-18H,6-9H2,1-2H3. The Kier molecular flexibility index (Phi) is 8.73. The maximum atomic E-state index is 9.89. The SMILES string of the molecule is CSCCC(C)NCC(O)COc1c(Cl)cccc1Cl. The summed E-state index contributed by atoms with van der Waals surface area (Å²) in [5, 5.41) is 14.1. The third-order valence-corrected chi connectivity index (χ3v) is 4.04. The minimum absolute atomic E-state index is 0.158. The third kappa shape index (κ3) is 6.55. The Morgan fingerprint density at radius 1 is 1.35 bits per heavy atom. The zero-order valence-corrected chi connectivity index (χ0v) is 14.1. The molecule has 0 saturated carbocycles. The van der Waals surface area contributed by atoms with Gasteiger partial charge in [-0.2, -0.15) is 11.8 Å². The minimum Gasteiger partial charge on any atom is -0.488 e. The molecule has 0 aliphatic heterocycles. The number of thioether (sulfide) groups is 1. The molecule has 1 aromatic rings. The highest BCUT2D eigenvalue weighted by molar-refractivity contribution is 7.98. The van der Waals surface area contributed by atoms with Crippen LogP contribution in [0.4, 0.5) is 0 Å². The summed E-state index contributed by atoms with van der Waals surface area (Å²) in [5.74, 6) is 1.53. The van der Waals surface area contributed by atoms with Crippen molar-refractivity contribution < 1.29 is 9.84 Å². The van der Waals surface area contributed by atoms with E-state index in [4.69, 9.17) is 27.9 Å². The Balaban J connectivity index is 2.31. The fourth-order valence-electron chi connectivity index (χ4n) is 1.59. The number of aliphatic hydroxyl groups is 1. The summed E-state index contributed by atoms with van der Waals surface area (Å²) >= 11 is 13.8. The van der Waals surface area contributed by atoms with Crippen molar-refractivity contribution in [1.29, 1.82) is 0 Å². The molecule has 0 amide bonds. The van der Waals surface area contributed by atoms with E-state index in [-0.39, 0.29) is 6.61 Å². The van der Waals surface area contributed by atoms with Crippen LogP contribution in [-0.2, 0) is 0 Å². The van der Waals surface area contributed by atoms with Crippen LogP contribution in [0.2, 0.25) is 10.0 Å². The predicted octanol–water partition coefficient (Wildman–Crippen LogP) is 3.46. The molecule has 6 heteroatoms. The van der Waals surface area contributed by atoms with Crippen LogP contribution in [-0.4, -0.2) is 42.4 Å². The smallest absolute Gasteiger partial charge is 0.156 e. The summed E-state index contributed by atoms with van der Waals surface area (Å²) in [6.07, 6.45) is 2.56. The molecule has 1 aromatic carbocycles. The first kappa shape index (κ1) is 17.9. The highest BCUT2D eigenvalue weighted by atomic mass is 35.5. The van der Waals surface area contributed by atoms with Crippen LogP contribution in [0.5, 0.6) is 5.75 Å². The number of para-hydroxylation sites is 1. The maximum absolute atomic E-state index is 9.89. The molecule has 1 rings (SSSR count). The fraction of sp³-hybridized carbons (Fsp3) is 0.571. The molecule has 0 fully saturated rings. The third-order valence-electron chi connectivity index (χ3n) is 2.80. The average molecular weight is 338 g/mol. The molecule has 20 heavy (non-hydrogen) atoms. The molecule has 0 bridgehead atoms. The van der Waals surface area contributed by atoms with Crippen LogP contribution in [0.1, 0.15) is 13.3 Å². The largest absolute Gasteiger partial charge is 0.488 e. The summed E-state index contributed by atoms with van der Waals surface area (Å²) in [5.41, 5.74) is 0. The first-order valence-corrected chi connectivity index (χ1v) is 8.66. The van der Waals surface area contributed by atoms with Crippen molar-refractivity contribution in [3.8, 4) is 5.75 Å². The number of hydrogen-bond acceptors (Lipinski definition) is 4. The van der Waals surface area contributed by atoms with Gasteiger partial charge in [-0.25, -0.2) is 0 Å². The van der Waals surface area contributed by atoms with Gasteiger partial charge in [0.15, 0.2) is 5.75 Å². The molecule has 3 nitrogen and oxygen atoms in total. The molecule has 0 spiro atoms. The van der Waals surface area contributed by atoms with Gasteiger partial charge in [-0.1, -0.05) is 29.3 Å². The van der Waals surface area contributed by atoms with Gasteiger partial charge >= 0.3 is 0 Å². The van der Waals surface area contributed by atoms with Gasteiger partial charge in [-0.15, -0.1) is 0 Å². The van der Waals surface area contributed by atoms with Gasteiger partial charge in [0.2, 0.25) is 0 Å². The molecular weight excluding hydrogens is 317 g/mol. The van der Waals surface area contributed by atoms with Crippen LogP contribution in [0.25, 0.3) is 0 Å². The second kappa shape index (κ2) is 9.74. The number of benzene rings is 1. The summed E-state index contributed by atoms with van der Waals surface area (Å²) in [7, 11) is 0. The summed E-state index contributed by atoms with van der Waals surface area (Å²) in [4.78, 5) is 0. The number of halogens is 2. The van der Waals surface area contributed by atoms with Gasteiger partial charge in [0.25, 0.3) is 0 Å². The van der Waals surface area contributed by atoms with E-state index in [2.05, 4.69) is 18.5 Å². The Morgan fingerprint density at radius 3 is 2.60 bits per heavy atom. The average Bonchev–Trinajstić information content (AvgIpc) is 2.42. The summed E-state index contributed by atoms with van der Waals surface area (Å²) < 4.78 is 5.48. The molecule has 2 atom stereocenters. The van der Waals surface area contributed by atoms with E-state index in [9.17, 15) is 5.11 Å². The highest BCUT2D eigenvalue weighted by Gasteiger charge is 2.11. The van der Waals surface area contributed by atoms with E-state index < -0.39 is 6.10 Å². The number of rotatable bonds is 9. The van der Waals surface area contributed by atoms with E-state index in [1.54, 1.807) is 18.2 Å². The van der Waals surface area contributed by atoms with Gasteiger partial charge in [0, 0.05) is 12.6 Å². The van der Waals surface area contributed by atoms with Gasteiger partial charge in [-0.05, 0) is 37.5 Å². The lowest BCUT2D eigenvalue weighted by molar-refractivity contribution is 0.104. The summed E-state index contributed by atoms with van der Waals surface area (Å²) in [6.45, 7) is 2.75. The molecule has 0 heterocycles. The number of ether oxygens (including phenoxy) is 1. The molecule has 0 saturated heterocycles. The van der Waals surface area contributed by atoms with Crippen LogP contribution in [0, 0.1) is 0 Å². The van der Waals surface area contributed by atoms with Crippen molar-refractivity contribution in [1.82, 2.24) is 5.32 Å². The quantitative estimate of drug-likeness (QED) is 0.724. The Bertz CT molecular complexity index is 387. The number of nitrogens with one attached hydrogen (secondary N) is 1. The highest BCUT2D eigenvalue weighted by Crippen LogP contribution is 2.32. The predicted molar refractivity (Wildman–Crippen MR) is 88.4 cm³/mol. The van der Waals surface area contributed by atoms with E-state index in [1.807, 2.05) is 11.8 Å². The Labute approximate surface area is 135 Å². The van der Waals surface area contributed by atoms with Gasteiger partial charge in [0.05, 0.1) is 10.0 Å². The first-order chi connectivity index (χ1) is 9.54. The summed E-state index contributed by atoms with van der Waals surface area (Å²) in [6, 6.07) is 5.54. The van der Waals surface area contributed by atoms with E-state index in [0.717, 1.165) is 12.2 Å². The van der Waals surface area contributed by atoms with Crippen molar-refractivity contribution in [2.24, 2.45) is 0 Å². The Hall–Kier alpha value is -0.130. The second-order valence-corrected chi connectivity index (χ2v) is 6.41. The van der Waals surface area contributed by atoms with Crippen LogP contribution >= 0.6 is 35.0 Å². The molecule has 2 N–H and O–H groups in total. The molecule has 0 aliphatic rings.